The SMILES string of the molecule is COc1cc(CN2CCOC[C@](O)(COc3cccc(F)c3)C2)ccc1OCCn1cccn1. The first-order chi connectivity index (χ1) is 16.5. The first kappa shape index (κ1) is 24.0. The number of rotatable bonds is 10. The average Bonchev–Trinajstić information content (AvgIpc) is 3.28. The van der Waals surface area contributed by atoms with E-state index in [2.05, 4.69) is 10.00 Å². The fourth-order valence-corrected chi connectivity index (χ4v) is 3.86. The summed E-state index contributed by atoms with van der Waals surface area (Å²) in [6, 6.07) is 13.6. The van der Waals surface area contributed by atoms with E-state index < -0.39 is 5.60 Å². The van der Waals surface area contributed by atoms with Gasteiger partial charge in [0.15, 0.2) is 11.5 Å². The molecule has 2 aromatic carbocycles. The van der Waals surface area contributed by atoms with Crippen LogP contribution in [0.2, 0.25) is 0 Å². The highest BCUT2D eigenvalue weighted by Gasteiger charge is 2.33. The summed E-state index contributed by atoms with van der Waals surface area (Å²) in [7, 11) is 1.61. The Bertz CT molecular complexity index is 1050. The summed E-state index contributed by atoms with van der Waals surface area (Å²) in [5, 5.41) is 15.3. The summed E-state index contributed by atoms with van der Waals surface area (Å²) in [4.78, 5) is 2.11. The highest BCUT2D eigenvalue weighted by Crippen LogP contribution is 2.29. The molecular weight excluding hydrogens is 441 g/mol. The van der Waals surface area contributed by atoms with Gasteiger partial charge in [-0.3, -0.25) is 9.58 Å². The Morgan fingerprint density at radius 3 is 2.85 bits per heavy atom. The summed E-state index contributed by atoms with van der Waals surface area (Å²) < 4.78 is 37.9. The van der Waals surface area contributed by atoms with Gasteiger partial charge in [-0.2, -0.15) is 5.10 Å². The van der Waals surface area contributed by atoms with Gasteiger partial charge in [0.2, 0.25) is 0 Å². The first-order valence-corrected chi connectivity index (χ1v) is 11.2. The molecule has 0 bridgehead atoms. The molecule has 0 unspecified atom stereocenters. The lowest BCUT2D eigenvalue weighted by molar-refractivity contribution is -0.0647. The summed E-state index contributed by atoms with van der Waals surface area (Å²) in [5.41, 5.74) is -0.200. The molecule has 4 rings (SSSR count). The highest BCUT2D eigenvalue weighted by molar-refractivity contribution is 5.43. The van der Waals surface area contributed by atoms with E-state index in [4.69, 9.17) is 18.9 Å². The Hall–Kier alpha value is -3.14. The molecule has 0 amide bonds. The normalized spacial score (nSPS) is 18.9. The number of nitrogens with zero attached hydrogens (tertiary/aromatic N) is 3. The molecule has 1 saturated heterocycles. The van der Waals surface area contributed by atoms with Gasteiger partial charge in [0, 0.05) is 38.1 Å². The number of ether oxygens (including phenoxy) is 4. The molecule has 1 atom stereocenters. The summed E-state index contributed by atoms with van der Waals surface area (Å²) in [6.07, 6.45) is 3.62. The van der Waals surface area contributed by atoms with Crippen molar-refractivity contribution in [2.45, 2.75) is 18.7 Å². The van der Waals surface area contributed by atoms with E-state index in [1.54, 1.807) is 30.1 Å². The van der Waals surface area contributed by atoms with Crippen molar-refractivity contribution in [3.63, 3.8) is 0 Å². The third-order valence-electron chi connectivity index (χ3n) is 5.52. The topological polar surface area (TPSA) is 78.2 Å². The molecule has 1 aliphatic rings. The minimum atomic E-state index is -1.22. The van der Waals surface area contributed by atoms with Crippen molar-refractivity contribution in [2.75, 3.05) is 46.6 Å². The molecule has 182 valence electrons. The zero-order valence-electron chi connectivity index (χ0n) is 19.2. The standard InChI is InChI=1S/C25H30FN3O5/c1-31-24-14-20(6-7-23(24)33-13-11-29-9-3-8-27-29)16-28-10-12-32-18-25(30,17-28)19-34-22-5-2-4-21(26)15-22/h2-9,14-15,30H,10-13,16-19H2,1H3/t25-/m0/s1. The van der Waals surface area contributed by atoms with Crippen molar-refractivity contribution in [3.05, 3.63) is 72.3 Å². The average molecular weight is 472 g/mol. The van der Waals surface area contributed by atoms with Crippen molar-refractivity contribution in [3.8, 4) is 17.2 Å². The van der Waals surface area contributed by atoms with Crippen LogP contribution in [0.5, 0.6) is 17.2 Å². The van der Waals surface area contributed by atoms with Crippen LogP contribution in [-0.4, -0.2) is 72.0 Å². The second-order valence-electron chi connectivity index (χ2n) is 8.34. The fourth-order valence-electron chi connectivity index (χ4n) is 3.86. The van der Waals surface area contributed by atoms with Crippen molar-refractivity contribution >= 4 is 0 Å². The van der Waals surface area contributed by atoms with E-state index in [1.165, 1.54) is 12.1 Å². The van der Waals surface area contributed by atoms with Crippen LogP contribution in [0.15, 0.2) is 60.9 Å². The van der Waals surface area contributed by atoms with Crippen LogP contribution in [-0.2, 0) is 17.8 Å². The Kier molecular flexibility index (Phi) is 7.99. The van der Waals surface area contributed by atoms with E-state index in [-0.39, 0.29) is 19.0 Å². The van der Waals surface area contributed by atoms with Crippen molar-refractivity contribution in [2.24, 2.45) is 0 Å². The van der Waals surface area contributed by atoms with E-state index in [0.717, 1.165) is 5.56 Å². The first-order valence-electron chi connectivity index (χ1n) is 11.2. The van der Waals surface area contributed by atoms with Crippen molar-refractivity contribution in [1.29, 1.82) is 0 Å². The Balaban J connectivity index is 1.35. The summed E-state index contributed by atoms with van der Waals surface area (Å²) in [5.74, 6) is 1.30. The molecule has 0 aliphatic carbocycles. The third kappa shape index (κ3) is 6.69. The van der Waals surface area contributed by atoms with E-state index in [0.29, 0.717) is 56.6 Å². The maximum Gasteiger partial charge on any atom is 0.161 e. The zero-order valence-corrected chi connectivity index (χ0v) is 19.2. The molecule has 1 aliphatic heterocycles. The zero-order chi connectivity index (χ0) is 23.8. The molecule has 2 heterocycles. The van der Waals surface area contributed by atoms with Crippen LogP contribution in [0.25, 0.3) is 0 Å². The Morgan fingerprint density at radius 1 is 1.15 bits per heavy atom. The van der Waals surface area contributed by atoms with Crippen LogP contribution < -0.4 is 14.2 Å². The van der Waals surface area contributed by atoms with Gasteiger partial charge in [0.05, 0.1) is 26.9 Å². The number of hydrogen-bond donors (Lipinski definition) is 1. The van der Waals surface area contributed by atoms with Crippen LogP contribution in [0.3, 0.4) is 0 Å². The summed E-state index contributed by atoms with van der Waals surface area (Å²) >= 11 is 0. The van der Waals surface area contributed by atoms with Gasteiger partial charge >= 0.3 is 0 Å². The highest BCUT2D eigenvalue weighted by atomic mass is 19.1. The number of aliphatic hydroxyl groups is 1. The second-order valence-corrected chi connectivity index (χ2v) is 8.34. The smallest absolute Gasteiger partial charge is 0.161 e. The quantitative estimate of drug-likeness (QED) is 0.487. The molecule has 1 aromatic heterocycles. The lowest BCUT2D eigenvalue weighted by Gasteiger charge is -2.30. The Labute approximate surface area is 198 Å². The predicted octanol–water partition coefficient (Wildman–Crippen LogP) is 2.75. The van der Waals surface area contributed by atoms with Crippen LogP contribution >= 0.6 is 0 Å². The second kappa shape index (κ2) is 11.3. The number of benzene rings is 2. The maximum absolute atomic E-state index is 13.4. The van der Waals surface area contributed by atoms with Gasteiger partial charge in [-0.15, -0.1) is 0 Å². The largest absolute Gasteiger partial charge is 0.493 e. The number of hydrogen-bond acceptors (Lipinski definition) is 7. The number of β-amino-alcohol motifs (C(OH)–C–C–N with tert-alkyl or cyclic N) is 1. The third-order valence-corrected chi connectivity index (χ3v) is 5.52. The fraction of sp³-hybridized carbons (Fsp3) is 0.400. The lowest BCUT2D eigenvalue weighted by atomic mass is 10.1. The maximum atomic E-state index is 13.4. The lowest BCUT2D eigenvalue weighted by Crippen LogP contribution is -2.48. The monoisotopic (exact) mass is 471 g/mol. The number of aromatic nitrogens is 2. The molecule has 8 nitrogen and oxygen atoms in total. The van der Waals surface area contributed by atoms with Gasteiger partial charge < -0.3 is 24.1 Å². The van der Waals surface area contributed by atoms with Crippen LogP contribution in [0.4, 0.5) is 4.39 Å². The molecule has 0 spiro atoms. The van der Waals surface area contributed by atoms with E-state index in [1.807, 2.05) is 30.5 Å². The van der Waals surface area contributed by atoms with E-state index in [9.17, 15) is 9.50 Å². The molecule has 0 saturated carbocycles. The molecule has 1 N–H and O–H groups in total. The van der Waals surface area contributed by atoms with Crippen molar-refractivity contribution < 1.29 is 28.4 Å². The number of halogens is 1. The molecule has 0 radical (unpaired) electrons. The minimum absolute atomic E-state index is 0.000690. The van der Waals surface area contributed by atoms with Gasteiger partial charge in [-0.1, -0.05) is 12.1 Å². The van der Waals surface area contributed by atoms with Gasteiger partial charge in [-0.05, 0) is 35.9 Å². The Morgan fingerprint density at radius 2 is 2.06 bits per heavy atom. The van der Waals surface area contributed by atoms with Gasteiger partial charge in [0.25, 0.3) is 0 Å². The molecule has 1 fully saturated rings. The predicted molar refractivity (Wildman–Crippen MR) is 124 cm³/mol. The molecule has 9 heteroatoms. The van der Waals surface area contributed by atoms with Crippen molar-refractivity contribution in [1.82, 2.24) is 14.7 Å². The van der Waals surface area contributed by atoms with Crippen LogP contribution in [0.1, 0.15) is 5.56 Å². The summed E-state index contributed by atoms with van der Waals surface area (Å²) in [6.45, 7) is 3.36. The van der Waals surface area contributed by atoms with Gasteiger partial charge in [-0.25, -0.2) is 4.39 Å². The van der Waals surface area contributed by atoms with Crippen LogP contribution in [0, 0.1) is 5.82 Å². The molecular formula is C25H30FN3O5. The molecule has 34 heavy (non-hydrogen) atoms. The van der Waals surface area contributed by atoms with E-state index >= 15 is 0 Å². The number of methoxy groups -OCH3 is 1. The minimum Gasteiger partial charge on any atom is -0.493 e. The molecule has 3 aromatic rings. The van der Waals surface area contributed by atoms with Gasteiger partial charge in [0.1, 0.15) is 30.4 Å².